The Kier molecular flexibility index (Phi) is 4.43. The third kappa shape index (κ3) is 2.69. The normalized spacial score (nSPS) is 30.4. The maximum Gasteiger partial charge on any atom is 0.278 e. The predicted octanol–water partition coefficient (Wildman–Crippen LogP) is -1.03. The predicted molar refractivity (Wildman–Crippen MR) is 91.8 cm³/mol. The van der Waals surface area contributed by atoms with Crippen molar-refractivity contribution in [2.24, 2.45) is 5.92 Å². The van der Waals surface area contributed by atoms with Gasteiger partial charge in [0.05, 0.1) is 12.9 Å². The summed E-state index contributed by atoms with van der Waals surface area (Å²) in [6.07, 6.45) is -1.16. The van der Waals surface area contributed by atoms with E-state index in [0.29, 0.717) is 11.9 Å². The van der Waals surface area contributed by atoms with Gasteiger partial charge in [-0.25, -0.2) is 9.97 Å². The SMILES string of the molecule is CC1CCN(c2nc3c(=O)[nH]cnc3n2[C@H]2O[C@H](CO)[C@H](O)[C@@H]2O)CC1. The number of imidazole rings is 1. The first kappa shape index (κ1) is 17.4. The van der Waals surface area contributed by atoms with E-state index in [9.17, 15) is 20.1 Å². The van der Waals surface area contributed by atoms with Crippen molar-refractivity contribution >= 4 is 17.1 Å². The van der Waals surface area contributed by atoms with E-state index < -0.39 is 31.1 Å². The van der Waals surface area contributed by atoms with Crippen molar-refractivity contribution in [1.29, 1.82) is 0 Å². The minimum Gasteiger partial charge on any atom is -0.394 e. The fourth-order valence-corrected chi connectivity index (χ4v) is 3.67. The summed E-state index contributed by atoms with van der Waals surface area (Å²) in [5.74, 6) is 1.09. The molecule has 2 aliphatic heterocycles. The second kappa shape index (κ2) is 6.62. The Bertz CT molecular complexity index is 843. The van der Waals surface area contributed by atoms with Crippen LogP contribution >= 0.6 is 0 Å². The fraction of sp³-hybridized carbons (Fsp3) is 0.688. The van der Waals surface area contributed by atoms with Gasteiger partial charge in [0.2, 0.25) is 5.95 Å². The van der Waals surface area contributed by atoms with E-state index in [4.69, 9.17) is 4.74 Å². The molecular formula is C16H23N5O5. The third-order valence-corrected chi connectivity index (χ3v) is 5.30. The average molecular weight is 365 g/mol. The summed E-state index contributed by atoms with van der Waals surface area (Å²) in [5.41, 5.74) is 0.0446. The Morgan fingerprint density at radius 3 is 2.69 bits per heavy atom. The summed E-state index contributed by atoms with van der Waals surface area (Å²) in [5, 5.41) is 29.9. The van der Waals surface area contributed by atoms with Gasteiger partial charge in [0.1, 0.15) is 18.3 Å². The summed E-state index contributed by atoms with van der Waals surface area (Å²) in [6, 6.07) is 0. The Balaban J connectivity index is 1.83. The van der Waals surface area contributed by atoms with Crippen molar-refractivity contribution in [3.8, 4) is 0 Å². The molecule has 2 aromatic rings. The molecule has 26 heavy (non-hydrogen) atoms. The van der Waals surface area contributed by atoms with Crippen LogP contribution in [0, 0.1) is 5.92 Å². The highest BCUT2D eigenvalue weighted by atomic mass is 16.6. The monoisotopic (exact) mass is 365 g/mol. The van der Waals surface area contributed by atoms with Crippen LogP contribution in [0.4, 0.5) is 5.95 Å². The quantitative estimate of drug-likeness (QED) is 0.542. The average Bonchev–Trinajstić information content (AvgIpc) is 3.15. The van der Waals surface area contributed by atoms with Crippen molar-refractivity contribution in [3.63, 3.8) is 0 Å². The number of rotatable bonds is 3. The number of nitrogens with one attached hydrogen (secondary N) is 1. The van der Waals surface area contributed by atoms with Crippen molar-refractivity contribution < 1.29 is 20.1 Å². The molecule has 10 nitrogen and oxygen atoms in total. The van der Waals surface area contributed by atoms with Crippen molar-refractivity contribution in [2.75, 3.05) is 24.6 Å². The number of anilines is 1. The number of ether oxygens (including phenoxy) is 1. The standard InChI is InChI=1S/C16H23N5O5/c1-8-2-4-20(5-3-8)16-19-10-13(17-7-18-14(10)25)21(16)15-12(24)11(23)9(6-22)26-15/h7-9,11-12,15,22-24H,2-6H2,1H3,(H,17,18,25)/t9-,11+,12+,15+/m1/s1. The van der Waals surface area contributed by atoms with E-state index in [1.807, 2.05) is 4.90 Å². The van der Waals surface area contributed by atoms with E-state index in [0.717, 1.165) is 25.9 Å². The molecule has 4 N–H and O–H groups in total. The van der Waals surface area contributed by atoms with Gasteiger partial charge in [-0.15, -0.1) is 0 Å². The molecule has 4 heterocycles. The lowest BCUT2D eigenvalue weighted by molar-refractivity contribution is -0.0505. The van der Waals surface area contributed by atoms with Gasteiger partial charge in [0, 0.05) is 13.1 Å². The summed E-state index contributed by atoms with van der Waals surface area (Å²) in [6.45, 7) is 3.29. The van der Waals surface area contributed by atoms with Crippen LogP contribution in [-0.4, -0.2) is 72.8 Å². The molecule has 0 bridgehead atoms. The zero-order valence-corrected chi connectivity index (χ0v) is 14.4. The number of nitrogens with zero attached hydrogens (tertiary/aromatic N) is 4. The number of aromatic amines is 1. The van der Waals surface area contributed by atoms with E-state index in [2.05, 4.69) is 21.9 Å². The molecule has 4 rings (SSSR count). The summed E-state index contributed by atoms with van der Waals surface area (Å²) < 4.78 is 7.23. The van der Waals surface area contributed by atoms with Crippen LogP contribution < -0.4 is 10.5 Å². The molecule has 0 saturated carbocycles. The first-order valence-electron chi connectivity index (χ1n) is 8.84. The molecule has 0 aromatic carbocycles. The van der Waals surface area contributed by atoms with Crippen LogP contribution in [0.15, 0.2) is 11.1 Å². The maximum atomic E-state index is 12.2. The first-order valence-corrected chi connectivity index (χ1v) is 8.84. The minimum atomic E-state index is -1.27. The van der Waals surface area contributed by atoms with E-state index >= 15 is 0 Å². The van der Waals surface area contributed by atoms with E-state index in [-0.39, 0.29) is 16.7 Å². The number of fused-ring (bicyclic) bond motifs is 1. The number of hydrogen-bond donors (Lipinski definition) is 4. The van der Waals surface area contributed by atoms with Gasteiger partial charge in [0.15, 0.2) is 17.4 Å². The topological polar surface area (TPSA) is 137 Å². The van der Waals surface area contributed by atoms with Crippen LogP contribution in [-0.2, 0) is 4.74 Å². The molecule has 2 aromatic heterocycles. The van der Waals surface area contributed by atoms with Crippen molar-refractivity contribution in [2.45, 2.75) is 44.3 Å². The highest BCUT2D eigenvalue weighted by Gasteiger charge is 2.45. The molecule has 10 heteroatoms. The van der Waals surface area contributed by atoms with Gasteiger partial charge in [0.25, 0.3) is 5.56 Å². The van der Waals surface area contributed by atoms with Crippen LogP contribution in [0.3, 0.4) is 0 Å². The van der Waals surface area contributed by atoms with Gasteiger partial charge >= 0.3 is 0 Å². The first-order chi connectivity index (χ1) is 12.5. The van der Waals surface area contributed by atoms with Gasteiger partial charge in [-0.3, -0.25) is 9.36 Å². The molecule has 0 radical (unpaired) electrons. The largest absolute Gasteiger partial charge is 0.394 e. The lowest BCUT2D eigenvalue weighted by Gasteiger charge is -2.32. The lowest BCUT2D eigenvalue weighted by atomic mass is 10.00. The molecule has 0 spiro atoms. The minimum absolute atomic E-state index is 0.152. The van der Waals surface area contributed by atoms with Crippen molar-refractivity contribution in [3.05, 3.63) is 16.7 Å². The highest BCUT2D eigenvalue weighted by Crippen LogP contribution is 2.35. The Morgan fingerprint density at radius 1 is 1.31 bits per heavy atom. The zero-order valence-electron chi connectivity index (χ0n) is 14.4. The van der Waals surface area contributed by atoms with Crippen LogP contribution in [0.25, 0.3) is 11.2 Å². The number of piperidine rings is 1. The number of aliphatic hydroxyl groups excluding tert-OH is 3. The summed E-state index contributed by atoms with van der Waals surface area (Å²) in [4.78, 5) is 25.4. The van der Waals surface area contributed by atoms with Gasteiger partial charge in [-0.2, -0.15) is 0 Å². The molecule has 2 fully saturated rings. The highest BCUT2D eigenvalue weighted by molar-refractivity contribution is 5.73. The fourth-order valence-electron chi connectivity index (χ4n) is 3.67. The lowest BCUT2D eigenvalue weighted by Crippen LogP contribution is -2.37. The number of hydrogen-bond acceptors (Lipinski definition) is 8. The second-order valence-corrected chi connectivity index (χ2v) is 7.08. The Hall–Kier alpha value is -2.01. The third-order valence-electron chi connectivity index (χ3n) is 5.30. The van der Waals surface area contributed by atoms with Crippen LogP contribution in [0.1, 0.15) is 26.0 Å². The maximum absolute atomic E-state index is 12.2. The molecule has 0 amide bonds. The van der Waals surface area contributed by atoms with E-state index in [1.165, 1.54) is 6.33 Å². The molecule has 4 atom stereocenters. The smallest absolute Gasteiger partial charge is 0.278 e. The number of H-pyrrole nitrogens is 1. The number of aromatic nitrogens is 4. The Labute approximate surface area is 149 Å². The molecule has 142 valence electrons. The van der Waals surface area contributed by atoms with E-state index in [1.54, 1.807) is 4.57 Å². The van der Waals surface area contributed by atoms with Crippen LogP contribution in [0.5, 0.6) is 0 Å². The van der Waals surface area contributed by atoms with Gasteiger partial charge < -0.3 is 29.9 Å². The zero-order chi connectivity index (χ0) is 18.4. The van der Waals surface area contributed by atoms with Gasteiger partial charge in [-0.1, -0.05) is 6.92 Å². The van der Waals surface area contributed by atoms with Crippen molar-refractivity contribution in [1.82, 2.24) is 19.5 Å². The molecular weight excluding hydrogens is 342 g/mol. The molecule has 0 unspecified atom stereocenters. The summed E-state index contributed by atoms with van der Waals surface area (Å²) in [7, 11) is 0. The second-order valence-electron chi connectivity index (χ2n) is 7.08. The molecule has 2 saturated heterocycles. The molecule has 0 aliphatic carbocycles. The van der Waals surface area contributed by atoms with Crippen LogP contribution in [0.2, 0.25) is 0 Å². The van der Waals surface area contributed by atoms with Gasteiger partial charge in [-0.05, 0) is 18.8 Å². The summed E-state index contributed by atoms with van der Waals surface area (Å²) >= 11 is 0. The molecule has 2 aliphatic rings. The number of aliphatic hydroxyl groups is 3. The Morgan fingerprint density at radius 2 is 2.04 bits per heavy atom.